The molecule has 9 heteroatoms. The van der Waals surface area contributed by atoms with Crippen LogP contribution >= 0.6 is 0 Å². The molecule has 2 rings (SSSR count). The van der Waals surface area contributed by atoms with E-state index in [0.717, 1.165) is 11.0 Å². The lowest BCUT2D eigenvalue weighted by atomic mass is 10.1. The molecule has 0 bridgehead atoms. The number of alkyl halides is 3. The van der Waals surface area contributed by atoms with E-state index in [-0.39, 0.29) is 23.5 Å². The van der Waals surface area contributed by atoms with E-state index < -0.39 is 29.2 Å². The molecular weight excluding hydrogens is 353 g/mol. The van der Waals surface area contributed by atoms with Gasteiger partial charge in [0.1, 0.15) is 5.75 Å². The van der Waals surface area contributed by atoms with Crippen molar-refractivity contribution in [2.45, 2.75) is 12.7 Å². The highest BCUT2D eigenvalue weighted by Crippen LogP contribution is 2.32. The summed E-state index contributed by atoms with van der Waals surface area (Å²) in [4.78, 5) is 23.2. The van der Waals surface area contributed by atoms with Crippen LogP contribution in [0.4, 0.5) is 18.9 Å². The van der Waals surface area contributed by atoms with Crippen LogP contribution in [0.2, 0.25) is 0 Å². The highest BCUT2D eigenvalue weighted by atomic mass is 19.4. The van der Waals surface area contributed by atoms with Gasteiger partial charge in [-0.25, -0.2) is 0 Å². The Balaban J connectivity index is 1.97. The number of hydrogen-bond acceptors (Lipinski definition) is 4. The molecule has 0 aliphatic rings. The maximum Gasteiger partial charge on any atom is 0.416 e. The summed E-state index contributed by atoms with van der Waals surface area (Å²) in [5.41, 5.74) is -0.938. The molecule has 0 radical (unpaired) electrons. The van der Waals surface area contributed by atoms with Crippen LogP contribution in [0, 0.1) is 10.1 Å². The second-order valence-electron chi connectivity index (χ2n) is 5.44. The first kappa shape index (κ1) is 19.2. The Hall–Kier alpha value is -3.10. The molecule has 2 aromatic rings. The molecule has 0 fully saturated rings. The van der Waals surface area contributed by atoms with Crippen LogP contribution < -0.4 is 4.74 Å². The number of halogens is 3. The molecular formula is C17H15F3N2O4. The summed E-state index contributed by atoms with van der Waals surface area (Å²) in [6.45, 7) is -0.624. The largest absolute Gasteiger partial charge is 0.484 e. The molecule has 0 saturated carbocycles. The third-order valence-corrected chi connectivity index (χ3v) is 3.57. The van der Waals surface area contributed by atoms with Gasteiger partial charge in [-0.3, -0.25) is 14.9 Å². The van der Waals surface area contributed by atoms with Crippen molar-refractivity contribution < 1.29 is 27.6 Å². The smallest absolute Gasteiger partial charge is 0.416 e. The zero-order valence-corrected chi connectivity index (χ0v) is 13.7. The van der Waals surface area contributed by atoms with Crippen molar-refractivity contribution in [2.24, 2.45) is 0 Å². The van der Waals surface area contributed by atoms with E-state index in [4.69, 9.17) is 4.74 Å². The number of benzene rings is 2. The van der Waals surface area contributed by atoms with Gasteiger partial charge in [0.15, 0.2) is 6.61 Å². The van der Waals surface area contributed by atoms with Crippen LogP contribution in [0.5, 0.6) is 5.75 Å². The van der Waals surface area contributed by atoms with Crippen LogP contribution in [-0.2, 0) is 17.5 Å². The monoisotopic (exact) mass is 368 g/mol. The highest BCUT2D eigenvalue weighted by molar-refractivity contribution is 5.77. The number of nitrogens with zero attached hydrogens (tertiary/aromatic N) is 2. The molecule has 0 aliphatic carbocycles. The molecule has 0 aliphatic heterocycles. The van der Waals surface area contributed by atoms with Crippen molar-refractivity contribution >= 4 is 11.6 Å². The van der Waals surface area contributed by atoms with Gasteiger partial charge in [0.05, 0.1) is 10.5 Å². The quantitative estimate of drug-likeness (QED) is 0.576. The van der Waals surface area contributed by atoms with Gasteiger partial charge in [0, 0.05) is 25.7 Å². The Morgan fingerprint density at radius 1 is 1.15 bits per heavy atom. The summed E-state index contributed by atoms with van der Waals surface area (Å²) in [7, 11) is 1.37. The van der Waals surface area contributed by atoms with E-state index in [1.807, 2.05) is 0 Å². The molecule has 0 saturated heterocycles. The van der Waals surface area contributed by atoms with Gasteiger partial charge in [-0.15, -0.1) is 0 Å². The molecule has 0 N–H and O–H groups in total. The SMILES string of the molecule is CN(Cc1ccccc1C(F)(F)F)C(=O)COc1ccc([N+](=O)[O-])cc1. The lowest BCUT2D eigenvalue weighted by molar-refractivity contribution is -0.384. The number of rotatable bonds is 6. The second kappa shape index (κ2) is 7.85. The number of amides is 1. The number of non-ortho nitro benzene ring substituents is 1. The summed E-state index contributed by atoms with van der Waals surface area (Å²) < 4.78 is 44.2. The van der Waals surface area contributed by atoms with Crippen LogP contribution in [0.25, 0.3) is 0 Å². The first-order valence-corrected chi connectivity index (χ1v) is 7.45. The van der Waals surface area contributed by atoms with Gasteiger partial charge in [-0.1, -0.05) is 18.2 Å². The fourth-order valence-electron chi connectivity index (χ4n) is 2.20. The molecule has 26 heavy (non-hydrogen) atoms. The normalized spacial score (nSPS) is 11.1. The van der Waals surface area contributed by atoms with Gasteiger partial charge in [-0.2, -0.15) is 13.2 Å². The number of carbonyl (C=O) groups is 1. The minimum atomic E-state index is -4.50. The van der Waals surface area contributed by atoms with E-state index in [9.17, 15) is 28.1 Å². The Morgan fingerprint density at radius 2 is 1.77 bits per heavy atom. The maximum atomic E-state index is 13.0. The van der Waals surface area contributed by atoms with Crippen molar-refractivity contribution in [3.05, 3.63) is 69.8 Å². The molecule has 2 aromatic carbocycles. The van der Waals surface area contributed by atoms with Gasteiger partial charge < -0.3 is 9.64 Å². The van der Waals surface area contributed by atoms with E-state index in [1.54, 1.807) is 0 Å². The van der Waals surface area contributed by atoms with E-state index >= 15 is 0 Å². The average molecular weight is 368 g/mol. The van der Waals surface area contributed by atoms with E-state index in [2.05, 4.69) is 0 Å². The molecule has 0 unspecified atom stereocenters. The third kappa shape index (κ3) is 4.95. The summed E-state index contributed by atoms with van der Waals surface area (Å²) in [6, 6.07) is 10.1. The topological polar surface area (TPSA) is 72.7 Å². The Kier molecular flexibility index (Phi) is 5.81. The van der Waals surface area contributed by atoms with Crippen molar-refractivity contribution in [1.29, 1.82) is 0 Å². The third-order valence-electron chi connectivity index (χ3n) is 3.57. The number of likely N-dealkylation sites (N-methyl/N-ethyl adjacent to an activating group) is 1. The van der Waals surface area contributed by atoms with Crippen molar-refractivity contribution in [2.75, 3.05) is 13.7 Å². The Bertz CT molecular complexity index is 791. The predicted octanol–water partition coefficient (Wildman–Crippen LogP) is 3.65. The van der Waals surface area contributed by atoms with Crippen molar-refractivity contribution in [1.82, 2.24) is 4.90 Å². The summed E-state index contributed by atoms with van der Waals surface area (Å²) in [5.74, 6) is -0.284. The van der Waals surface area contributed by atoms with Gasteiger partial charge in [0.25, 0.3) is 11.6 Å². The van der Waals surface area contributed by atoms with Gasteiger partial charge >= 0.3 is 6.18 Å². The Labute approximate surface area is 146 Å². The number of hydrogen-bond donors (Lipinski definition) is 0. The second-order valence-corrected chi connectivity index (χ2v) is 5.44. The van der Waals surface area contributed by atoms with Gasteiger partial charge in [0.2, 0.25) is 0 Å². The fourth-order valence-corrected chi connectivity index (χ4v) is 2.20. The minimum Gasteiger partial charge on any atom is -0.484 e. The zero-order chi connectivity index (χ0) is 19.3. The zero-order valence-electron chi connectivity index (χ0n) is 13.7. The number of carbonyl (C=O) groups excluding carboxylic acids is 1. The minimum absolute atomic E-state index is 0.0221. The van der Waals surface area contributed by atoms with Gasteiger partial charge in [-0.05, 0) is 23.8 Å². The van der Waals surface area contributed by atoms with Crippen molar-refractivity contribution in [3.8, 4) is 5.75 Å². The maximum absolute atomic E-state index is 13.0. The molecule has 1 amide bonds. The van der Waals surface area contributed by atoms with Crippen LogP contribution in [0.15, 0.2) is 48.5 Å². The first-order valence-electron chi connectivity index (χ1n) is 7.45. The molecule has 0 heterocycles. The van der Waals surface area contributed by atoms with Crippen LogP contribution in [0.3, 0.4) is 0 Å². The summed E-state index contributed by atoms with van der Waals surface area (Å²) in [6.07, 6.45) is -4.50. The molecule has 0 atom stereocenters. The molecule has 0 aromatic heterocycles. The predicted molar refractivity (Wildman–Crippen MR) is 86.5 cm³/mol. The molecule has 6 nitrogen and oxygen atoms in total. The van der Waals surface area contributed by atoms with Crippen LogP contribution in [-0.4, -0.2) is 29.4 Å². The highest BCUT2D eigenvalue weighted by Gasteiger charge is 2.33. The summed E-state index contributed by atoms with van der Waals surface area (Å²) in [5, 5.41) is 10.6. The average Bonchev–Trinajstić information content (AvgIpc) is 2.59. The lowest BCUT2D eigenvalue weighted by Gasteiger charge is -2.20. The first-order chi connectivity index (χ1) is 12.2. The van der Waals surface area contributed by atoms with E-state index in [1.165, 1.54) is 49.5 Å². The number of nitro groups is 1. The number of ether oxygens (including phenoxy) is 1. The van der Waals surface area contributed by atoms with Crippen LogP contribution in [0.1, 0.15) is 11.1 Å². The standard InChI is InChI=1S/C17H15F3N2O4/c1-21(10-12-4-2-3-5-15(12)17(18,19)20)16(23)11-26-14-8-6-13(7-9-14)22(24)25/h2-9H,10-11H2,1H3. The van der Waals surface area contributed by atoms with Crippen molar-refractivity contribution in [3.63, 3.8) is 0 Å². The Morgan fingerprint density at radius 3 is 2.35 bits per heavy atom. The number of nitro benzene ring substituents is 1. The lowest BCUT2D eigenvalue weighted by Crippen LogP contribution is -2.31. The summed E-state index contributed by atoms with van der Waals surface area (Å²) >= 11 is 0. The van der Waals surface area contributed by atoms with E-state index in [0.29, 0.717) is 0 Å². The molecule has 138 valence electrons. The molecule has 0 spiro atoms. The fraction of sp³-hybridized carbons (Fsp3) is 0.235.